The van der Waals surface area contributed by atoms with Crippen molar-refractivity contribution in [3.8, 4) is 0 Å². The molecule has 0 spiro atoms. The summed E-state index contributed by atoms with van der Waals surface area (Å²) in [5.74, 6) is 0.375. The second-order valence-corrected chi connectivity index (χ2v) is 6.10. The molecule has 0 bridgehead atoms. The number of benzene rings is 2. The number of para-hydroxylation sites is 1. The molecule has 1 atom stereocenters. The van der Waals surface area contributed by atoms with Gasteiger partial charge in [0, 0.05) is 14.8 Å². The molecule has 20 heavy (non-hydrogen) atoms. The Labute approximate surface area is 133 Å². The van der Waals surface area contributed by atoms with Crippen molar-refractivity contribution < 1.29 is 4.79 Å². The van der Waals surface area contributed by atoms with Gasteiger partial charge in [0.05, 0.1) is 0 Å². The third-order valence-corrected chi connectivity index (χ3v) is 4.18. The van der Waals surface area contributed by atoms with Crippen molar-refractivity contribution in [1.29, 1.82) is 0 Å². The van der Waals surface area contributed by atoms with Crippen LogP contribution >= 0.6 is 22.6 Å². The van der Waals surface area contributed by atoms with Gasteiger partial charge >= 0.3 is 0 Å². The van der Waals surface area contributed by atoms with E-state index in [0.717, 1.165) is 15.7 Å². The molecular weight excluding hydrogens is 361 g/mol. The molecule has 0 unspecified atom stereocenters. The third kappa shape index (κ3) is 3.60. The highest BCUT2D eigenvalue weighted by molar-refractivity contribution is 14.1. The predicted molar refractivity (Wildman–Crippen MR) is 92.3 cm³/mol. The molecule has 0 aliphatic rings. The lowest BCUT2D eigenvalue weighted by Gasteiger charge is -2.15. The van der Waals surface area contributed by atoms with Crippen LogP contribution in [0.4, 0.5) is 5.69 Å². The molecule has 0 aliphatic carbocycles. The predicted octanol–water partition coefficient (Wildman–Crippen LogP) is 5.06. The van der Waals surface area contributed by atoms with E-state index in [2.05, 4.69) is 47.8 Å². The summed E-state index contributed by atoms with van der Waals surface area (Å²) in [6.07, 6.45) is 1.05. The topological polar surface area (TPSA) is 29.1 Å². The van der Waals surface area contributed by atoms with Crippen LogP contribution in [-0.4, -0.2) is 5.91 Å². The fourth-order valence-corrected chi connectivity index (χ4v) is 2.42. The SMILES string of the molecule is CC[C@@H](C)c1ccccc1NC(=O)c1ccc(I)cc1. The second kappa shape index (κ2) is 6.88. The fraction of sp³-hybridized carbons (Fsp3) is 0.235. The van der Waals surface area contributed by atoms with Crippen LogP contribution in [0.25, 0.3) is 0 Å². The molecule has 104 valence electrons. The van der Waals surface area contributed by atoms with Crippen molar-refractivity contribution in [3.05, 3.63) is 63.2 Å². The van der Waals surface area contributed by atoms with E-state index in [1.165, 1.54) is 5.56 Å². The maximum absolute atomic E-state index is 12.3. The lowest BCUT2D eigenvalue weighted by atomic mass is 9.97. The van der Waals surface area contributed by atoms with Gasteiger partial charge in [0.2, 0.25) is 0 Å². The van der Waals surface area contributed by atoms with Gasteiger partial charge in [-0.15, -0.1) is 0 Å². The zero-order valence-corrected chi connectivity index (χ0v) is 13.8. The van der Waals surface area contributed by atoms with E-state index < -0.39 is 0 Å². The number of amides is 1. The maximum Gasteiger partial charge on any atom is 0.255 e. The Hall–Kier alpha value is -1.36. The summed E-state index contributed by atoms with van der Waals surface area (Å²) in [4.78, 5) is 12.3. The van der Waals surface area contributed by atoms with Crippen molar-refractivity contribution in [3.63, 3.8) is 0 Å². The minimum Gasteiger partial charge on any atom is -0.322 e. The van der Waals surface area contributed by atoms with Crippen molar-refractivity contribution in [2.45, 2.75) is 26.2 Å². The van der Waals surface area contributed by atoms with Crippen LogP contribution in [0.2, 0.25) is 0 Å². The first-order valence-corrected chi connectivity index (χ1v) is 7.85. The zero-order valence-electron chi connectivity index (χ0n) is 11.7. The molecule has 0 radical (unpaired) electrons. The normalized spacial score (nSPS) is 11.9. The Morgan fingerprint density at radius 3 is 2.45 bits per heavy atom. The number of carbonyl (C=O) groups excluding carboxylic acids is 1. The van der Waals surface area contributed by atoms with Gasteiger partial charge in [0.25, 0.3) is 5.91 Å². The lowest BCUT2D eigenvalue weighted by Crippen LogP contribution is -2.13. The molecule has 2 nitrogen and oxygen atoms in total. The van der Waals surface area contributed by atoms with E-state index in [4.69, 9.17) is 0 Å². The number of halogens is 1. The molecular formula is C17H18INO. The molecule has 1 amide bonds. The van der Waals surface area contributed by atoms with Gasteiger partial charge in [-0.3, -0.25) is 4.79 Å². The monoisotopic (exact) mass is 379 g/mol. The van der Waals surface area contributed by atoms with Crippen molar-refractivity contribution in [2.75, 3.05) is 5.32 Å². The third-order valence-electron chi connectivity index (χ3n) is 3.46. The molecule has 0 aromatic heterocycles. The summed E-state index contributed by atoms with van der Waals surface area (Å²) < 4.78 is 1.12. The Morgan fingerprint density at radius 2 is 1.80 bits per heavy atom. The number of carbonyl (C=O) groups is 1. The molecule has 2 rings (SSSR count). The molecule has 3 heteroatoms. The molecule has 0 saturated carbocycles. The molecule has 0 saturated heterocycles. The average molecular weight is 379 g/mol. The molecule has 1 N–H and O–H groups in total. The van der Waals surface area contributed by atoms with Gasteiger partial charge in [-0.05, 0) is 70.8 Å². The second-order valence-electron chi connectivity index (χ2n) is 4.86. The highest BCUT2D eigenvalue weighted by Crippen LogP contribution is 2.26. The smallest absolute Gasteiger partial charge is 0.255 e. The fourth-order valence-electron chi connectivity index (χ4n) is 2.06. The van der Waals surface area contributed by atoms with Crippen LogP contribution in [0, 0.1) is 3.57 Å². The van der Waals surface area contributed by atoms with Crippen LogP contribution in [0.3, 0.4) is 0 Å². The van der Waals surface area contributed by atoms with Crippen molar-refractivity contribution in [1.82, 2.24) is 0 Å². The Bertz CT molecular complexity index is 592. The van der Waals surface area contributed by atoms with Gasteiger partial charge < -0.3 is 5.32 Å². The summed E-state index contributed by atoms with van der Waals surface area (Å²) >= 11 is 2.23. The van der Waals surface area contributed by atoms with E-state index in [-0.39, 0.29) is 5.91 Å². The number of hydrogen-bond donors (Lipinski definition) is 1. The summed E-state index contributed by atoms with van der Waals surface area (Å²) in [5, 5.41) is 3.02. The summed E-state index contributed by atoms with van der Waals surface area (Å²) in [6, 6.07) is 15.6. The summed E-state index contributed by atoms with van der Waals surface area (Å²) in [7, 11) is 0. The van der Waals surface area contributed by atoms with Gasteiger partial charge in [-0.1, -0.05) is 32.0 Å². The highest BCUT2D eigenvalue weighted by Gasteiger charge is 2.12. The quantitative estimate of drug-likeness (QED) is 0.740. The van der Waals surface area contributed by atoms with E-state index in [0.29, 0.717) is 11.5 Å². The minimum absolute atomic E-state index is 0.0582. The van der Waals surface area contributed by atoms with Gasteiger partial charge in [0.1, 0.15) is 0 Å². The number of rotatable bonds is 4. The Morgan fingerprint density at radius 1 is 1.15 bits per heavy atom. The number of hydrogen-bond acceptors (Lipinski definition) is 1. The van der Waals surface area contributed by atoms with Crippen LogP contribution in [0.1, 0.15) is 42.1 Å². The molecule has 2 aromatic rings. The van der Waals surface area contributed by atoms with Crippen molar-refractivity contribution >= 4 is 34.2 Å². The van der Waals surface area contributed by atoms with Gasteiger partial charge in [0.15, 0.2) is 0 Å². The first-order chi connectivity index (χ1) is 9.61. The first-order valence-electron chi connectivity index (χ1n) is 6.77. The van der Waals surface area contributed by atoms with E-state index in [1.54, 1.807) is 0 Å². The van der Waals surface area contributed by atoms with Crippen molar-refractivity contribution in [2.24, 2.45) is 0 Å². The Balaban J connectivity index is 2.21. The van der Waals surface area contributed by atoms with Crippen LogP contribution in [-0.2, 0) is 0 Å². The molecule has 2 aromatic carbocycles. The standard InChI is InChI=1S/C17H18INO/c1-3-12(2)15-6-4-5-7-16(15)19-17(20)13-8-10-14(18)11-9-13/h4-12H,3H2,1-2H3,(H,19,20)/t12-/m1/s1. The van der Waals surface area contributed by atoms with E-state index in [1.807, 2.05) is 42.5 Å². The largest absolute Gasteiger partial charge is 0.322 e. The number of anilines is 1. The zero-order chi connectivity index (χ0) is 14.5. The molecule has 0 heterocycles. The minimum atomic E-state index is -0.0582. The summed E-state index contributed by atoms with van der Waals surface area (Å²) in [5.41, 5.74) is 2.78. The van der Waals surface area contributed by atoms with Crippen LogP contribution in [0.5, 0.6) is 0 Å². The first kappa shape index (κ1) is 15.0. The average Bonchev–Trinajstić information content (AvgIpc) is 2.47. The highest BCUT2D eigenvalue weighted by atomic mass is 127. The van der Waals surface area contributed by atoms with Crippen LogP contribution < -0.4 is 5.32 Å². The lowest BCUT2D eigenvalue weighted by molar-refractivity contribution is 0.102. The maximum atomic E-state index is 12.3. The molecule has 0 fully saturated rings. The van der Waals surface area contributed by atoms with Crippen LogP contribution in [0.15, 0.2) is 48.5 Å². The number of nitrogens with one attached hydrogen (secondary N) is 1. The molecule has 0 aliphatic heterocycles. The Kier molecular flexibility index (Phi) is 5.17. The van der Waals surface area contributed by atoms with E-state index in [9.17, 15) is 4.79 Å². The van der Waals surface area contributed by atoms with Gasteiger partial charge in [-0.25, -0.2) is 0 Å². The van der Waals surface area contributed by atoms with E-state index >= 15 is 0 Å². The van der Waals surface area contributed by atoms with Gasteiger partial charge in [-0.2, -0.15) is 0 Å². The summed E-state index contributed by atoms with van der Waals surface area (Å²) in [6.45, 7) is 4.33.